The van der Waals surface area contributed by atoms with Gasteiger partial charge in [-0.15, -0.1) is 10.2 Å². The van der Waals surface area contributed by atoms with Crippen molar-refractivity contribution in [2.45, 2.75) is 38.5 Å². The Morgan fingerprint density at radius 3 is 2.50 bits per heavy atom. The summed E-state index contributed by atoms with van der Waals surface area (Å²) in [7, 11) is 0. The molecular weight excluding hydrogens is 468 g/mol. The maximum absolute atomic E-state index is 12.8. The van der Waals surface area contributed by atoms with Crippen molar-refractivity contribution in [1.29, 1.82) is 0 Å². The summed E-state index contributed by atoms with van der Waals surface area (Å²) in [6.45, 7) is 6.68. The number of para-hydroxylation sites is 1. The van der Waals surface area contributed by atoms with Gasteiger partial charge >= 0.3 is 0 Å². The van der Waals surface area contributed by atoms with E-state index in [1.807, 2.05) is 67.8 Å². The van der Waals surface area contributed by atoms with Crippen molar-refractivity contribution in [3.05, 3.63) is 66.0 Å². The highest BCUT2D eigenvalue weighted by Crippen LogP contribution is 2.27. The van der Waals surface area contributed by atoms with Crippen LogP contribution in [-0.2, 0) is 11.3 Å². The first-order chi connectivity index (χ1) is 16.5. The number of anilines is 1. The van der Waals surface area contributed by atoms with E-state index < -0.39 is 0 Å². The molecule has 2 aromatic carbocycles. The van der Waals surface area contributed by atoms with Gasteiger partial charge in [0.05, 0.1) is 22.0 Å². The van der Waals surface area contributed by atoms with Crippen LogP contribution in [0.1, 0.15) is 43.0 Å². The monoisotopic (exact) mass is 494 g/mol. The maximum atomic E-state index is 12.8. The summed E-state index contributed by atoms with van der Waals surface area (Å²) in [5, 5.41) is 15.9. The lowest BCUT2D eigenvalue weighted by atomic mass is 10.0. The number of benzene rings is 2. The van der Waals surface area contributed by atoms with Crippen molar-refractivity contribution in [3.8, 4) is 0 Å². The minimum Gasteiger partial charge on any atom is -0.342 e. The van der Waals surface area contributed by atoms with Crippen LogP contribution < -0.4 is 10.6 Å². The number of aromatic nitrogens is 4. The van der Waals surface area contributed by atoms with Crippen molar-refractivity contribution in [2.24, 2.45) is 5.92 Å². The third-order valence-electron chi connectivity index (χ3n) is 5.20. The lowest BCUT2D eigenvalue weighted by molar-refractivity contribution is -0.113. The third kappa shape index (κ3) is 5.45. The van der Waals surface area contributed by atoms with E-state index in [4.69, 9.17) is 0 Å². The zero-order chi connectivity index (χ0) is 24.1. The Balaban J connectivity index is 1.44. The van der Waals surface area contributed by atoms with E-state index in [2.05, 4.69) is 25.8 Å². The average Bonchev–Trinajstić information content (AvgIpc) is 3.44. The molecule has 10 heteroatoms. The number of hydrogen-bond acceptors (Lipinski definition) is 7. The number of fused-ring (bicyclic) bond motifs is 1. The number of nitrogens with one attached hydrogen (secondary N) is 2. The summed E-state index contributed by atoms with van der Waals surface area (Å²) < 4.78 is 2.98. The molecule has 0 aliphatic heterocycles. The number of thiazole rings is 1. The molecule has 0 saturated heterocycles. The number of carbonyl (C=O) groups excluding carboxylic acids is 2. The van der Waals surface area contributed by atoms with Crippen LogP contribution in [0.4, 0.5) is 5.13 Å². The smallest absolute Gasteiger partial charge is 0.251 e. The molecule has 34 heavy (non-hydrogen) atoms. The summed E-state index contributed by atoms with van der Waals surface area (Å²) in [6, 6.07) is 16.6. The Kier molecular flexibility index (Phi) is 7.59. The van der Waals surface area contributed by atoms with E-state index in [1.54, 1.807) is 12.1 Å². The fourth-order valence-electron chi connectivity index (χ4n) is 3.49. The van der Waals surface area contributed by atoms with Crippen LogP contribution in [0.15, 0.2) is 59.8 Å². The molecule has 0 aliphatic carbocycles. The Bertz CT molecular complexity index is 1250. The molecule has 8 nitrogen and oxygen atoms in total. The van der Waals surface area contributed by atoms with E-state index in [0.717, 1.165) is 10.2 Å². The summed E-state index contributed by atoms with van der Waals surface area (Å²) in [4.78, 5) is 29.7. The number of rotatable bonds is 9. The van der Waals surface area contributed by atoms with E-state index in [9.17, 15) is 9.59 Å². The molecule has 0 spiro atoms. The summed E-state index contributed by atoms with van der Waals surface area (Å²) in [6.07, 6.45) is 0. The molecule has 4 rings (SSSR count). The number of amides is 2. The Labute approximate surface area is 206 Å². The zero-order valence-corrected chi connectivity index (χ0v) is 20.8. The molecule has 2 heterocycles. The van der Waals surface area contributed by atoms with E-state index in [1.165, 1.54) is 23.1 Å². The van der Waals surface area contributed by atoms with Gasteiger partial charge in [-0.2, -0.15) is 0 Å². The van der Waals surface area contributed by atoms with Crippen LogP contribution in [0, 0.1) is 5.92 Å². The molecule has 2 N–H and O–H groups in total. The molecule has 2 amide bonds. The quantitative estimate of drug-likeness (QED) is 0.325. The molecule has 0 bridgehead atoms. The topological polar surface area (TPSA) is 102 Å². The summed E-state index contributed by atoms with van der Waals surface area (Å²) in [5.41, 5.74) is 1.46. The number of carbonyl (C=O) groups is 2. The second-order valence-corrected chi connectivity index (χ2v) is 9.94. The van der Waals surface area contributed by atoms with Gasteiger partial charge in [-0.25, -0.2) is 4.98 Å². The van der Waals surface area contributed by atoms with Crippen LogP contribution in [0.25, 0.3) is 10.2 Å². The molecule has 0 radical (unpaired) electrons. The van der Waals surface area contributed by atoms with Crippen molar-refractivity contribution >= 4 is 50.3 Å². The third-order valence-corrected chi connectivity index (χ3v) is 7.12. The standard InChI is InChI=1S/C24H26N6O2S2/c1-4-30-21(20(15(2)3)27-22(32)16-10-6-5-7-11-16)28-29-24(30)33-14-19(31)26-23-25-17-12-8-9-13-18(17)34-23/h5-13,15,20H,4,14H2,1-3H3,(H,27,32)(H,25,26,31)/t20-/m1/s1. The van der Waals surface area contributed by atoms with Gasteiger partial charge in [0.25, 0.3) is 5.91 Å². The Morgan fingerprint density at radius 1 is 1.06 bits per heavy atom. The first kappa shape index (κ1) is 23.9. The van der Waals surface area contributed by atoms with Gasteiger partial charge < -0.3 is 15.2 Å². The van der Waals surface area contributed by atoms with Crippen LogP contribution in [0.2, 0.25) is 0 Å². The molecule has 4 aromatic rings. The molecule has 2 aromatic heterocycles. The lowest BCUT2D eigenvalue weighted by Gasteiger charge is -2.22. The van der Waals surface area contributed by atoms with Crippen LogP contribution in [0.3, 0.4) is 0 Å². The van der Waals surface area contributed by atoms with Crippen LogP contribution >= 0.6 is 23.1 Å². The van der Waals surface area contributed by atoms with Crippen LogP contribution in [-0.4, -0.2) is 37.3 Å². The first-order valence-electron chi connectivity index (χ1n) is 11.0. The predicted octanol–water partition coefficient (Wildman–Crippen LogP) is 4.77. The normalized spacial score (nSPS) is 12.1. The van der Waals surface area contributed by atoms with Crippen molar-refractivity contribution in [3.63, 3.8) is 0 Å². The highest BCUT2D eigenvalue weighted by molar-refractivity contribution is 7.99. The highest BCUT2D eigenvalue weighted by atomic mass is 32.2. The van der Waals surface area contributed by atoms with Crippen molar-refractivity contribution < 1.29 is 9.59 Å². The molecule has 0 unspecified atom stereocenters. The van der Waals surface area contributed by atoms with Crippen molar-refractivity contribution in [2.75, 3.05) is 11.1 Å². The molecule has 0 fully saturated rings. The van der Waals surface area contributed by atoms with Gasteiger partial charge in [-0.3, -0.25) is 9.59 Å². The van der Waals surface area contributed by atoms with E-state index in [0.29, 0.717) is 28.2 Å². The Hall–Kier alpha value is -3.24. The highest BCUT2D eigenvalue weighted by Gasteiger charge is 2.26. The molecule has 0 saturated carbocycles. The van der Waals surface area contributed by atoms with Gasteiger partial charge in [-0.05, 0) is 37.1 Å². The molecule has 1 atom stereocenters. The molecule has 176 valence electrons. The SMILES string of the molecule is CCn1c(SCC(=O)Nc2nc3ccccc3s2)nnc1[C@H](NC(=O)c1ccccc1)C(C)C. The van der Waals surface area contributed by atoms with Gasteiger partial charge in [0.15, 0.2) is 16.1 Å². The minimum atomic E-state index is -0.314. The Morgan fingerprint density at radius 2 is 1.79 bits per heavy atom. The summed E-state index contributed by atoms with van der Waals surface area (Å²) >= 11 is 2.76. The second kappa shape index (κ2) is 10.8. The van der Waals surface area contributed by atoms with E-state index in [-0.39, 0.29) is 29.5 Å². The zero-order valence-electron chi connectivity index (χ0n) is 19.2. The molecule has 0 aliphatic rings. The fourth-order valence-corrected chi connectivity index (χ4v) is 5.18. The van der Waals surface area contributed by atoms with Crippen molar-refractivity contribution in [1.82, 2.24) is 25.1 Å². The second-order valence-electron chi connectivity index (χ2n) is 7.97. The summed E-state index contributed by atoms with van der Waals surface area (Å²) in [5.74, 6) is 0.637. The fraction of sp³-hybridized carbons (Fsp3) is 0.292. The average molecular weight is 495 g/mol. The van der Waals surface area contributed by atoms with Gasteiger partial charge in [0.1, 0.15) is 0 Å². The van der Waals surface area contributed by atoms with E-state index >= 15 is 0 Å². The number of thioether (sulfide) groups is 1. The van der Waals surface area contributed by atoms with Crippen LogP contribution in [0.5, 0.6) is 0 Å². The first-order valence-corrected chi connectivity index (χ1v) is 12.8. The largest absolute Gasteiger partial charge is 0.342 e. The maximum Gasteiger partial charge on any atom is 0.251 e. The molecular formula is C24H26N6O2S2. The van der Waals surface area contributed by atoms with Gasteiger partial charge in [-0.1, -0.05) is 67.3 Å². The minimum absolute atomic E-state index is 0.0994. The number of hydrogen-bond donors (Lipinski definition) is 2. The van der Waals surface area contributed by atoms with Gasteiger partial charge in [0.2, 0.25) is 5.91 Å². The predicted molar refractivity (Wildman–Crippen MR) is 136 cm³/mol. The number of nitrogens with zero attached hydrogens (tertiary/aromatic N) is 4. The lowest BCUT2D eigenvalue weighted by Crippen LogP contribution is -2.33. The van der Waals surface area contributed by atoms with Gasteiger partial charge in [0, 0.05) is 12.1 Å².